The van der Waals surface area contributed by atoms with E-state index in [1.807, 2.05) is 18.2 Å². The average Bonchev–Trinajstić information content (AvgIpc) is 2.61. The van der Waals surface area contributed by atoms with Crippen LogP contribution in [0.25, 0.3) is 5.57 Å². The summed E-state index contributed by atoms with van der Waals surface area (Å²) in [5, 5.41) is 0.769. The maximum atomic E-state index is 6.03. The van der Waals surface area contributed by atoms with E-state index in [1.165, 1.54) is 22.3 Å². The Hall–Kier alpha value is -2.31. The SMILES string of the molecule is Clc1ccc(C(=CCCc2ccccc2)c2ccccc2)cc1. The van der Waals surface area contributed by atoms with Crippen molar-refractivity contribution in [2.45, 2.75) is 12.8 Å². The quantitative estimate of drug-likeness (QED) is 0.510. The number of rotatable bonds is 5. The number of hydrogen-bond donors (Lipinski definition) is 0. The third-order valence-corrected chi connectivity index (χ3v) is 4.12. The van der Waals surface area contributed by atoms with Crippen LogP contribution >= 0.6 is 11.6 Å². The third kappa shape index (κ3) is 4.34. The first kappa shape index (κ1) is 15.6. The monoisotopic (exact) mass is 318 g/mol. The smallest absolute Gasteiger partial charge is 0.0406 e. The molecule has 0 amide bonds. The molecule has 0 nitrogen and oxygen atoms in total. The largest absolute Gasteiger partial charge is 0.0843 e. The number of halogens is 1. The molecule has 1 heteroatoms. The van der Waals surface area contributed by atoms with Crippen LogP contribution in [0.3, 0.4) is 0 Å². The van der Waals surface area contributed by atoms with Crippen LogP contribution in [0.2, 0.25) is 5.02 Å². The van der Waals surface area contributed by atoms with E-state index >= 15 is 0 Å². The highest BCUT2D eigenvalue weighted by Crippen LogP contribution is 2.25. The van der Waals surface area contributed by atoms with Crippen LogP contribution < -0.4 is 0 Å². The first-order chi connectivity index (χ1) is 11.3. The van der Waals surface area contributed by atoms with E-state index in [-0.39, 0.29) is 0 Å². The maximum absolute atomic E-state index is 6.03. The molecular weight excluding hydrogens is 300 g/mol. The van der Waals surface area contributed by atoms with Crippen LogP contribution in [-0.4, -0.2) is 0 Å². The van der Waals surface area contributed by atoms with Gasteiger partial charge in [-0.2, -0.15) is 0 Å². The first-order valence-electron chi connectivity index (χ1n) is 7.88. The van der Waals surface area contributed by atoms with Crippen molar-refractivity contribution in [1.29, 1.82) is 0 Å². The third-order valence-electron chi connectivity index (χ3n) is 3.86. The molecule has 0 atom stereocenters. The summed E-state index contributed by atoms with van der Waals surface area (Å²) in [5.74, 6) is 0. The van der Waals surface area contributed by atoms with Crippen molar-refractivity contribution >= 4 is 17.2 Å². The van der Waals surface area contributed by atoms with Gasteiger partial charge in [0.05, 0.1) is 0 Å². The molecule has 114 valence electrons. The number of benzene rings is 3. The molecular formula is C22H19Cl. The molecule has 0 aliphatic heterocycles. The molecule has 23 heavy (non-hydrogen) atoms. The Kier molecular flexibility index (Phi) is 5.29. The van der Waals surface area contributed by atoms with Gasteiger partial charge in [-0.05, 0) is 47.2 Å². The summed E-state index contributed by atoms with van der Waals surface area (Å²) in [7, 11) is 0. The molecule has 0 saturated carbocycles. The van der Waals surface area contributed by atoms with Crippen LogP contribution in [0.1, 0.15) is 23.1 Å². The Morgan fingerprint density at radius 3 is 1.91 bits per heavy atom. The maximum Gasteiger partial charge on any atom is 0.0406 e. The minimum absolute atomic E-state index is 0.769. The second kappa shape index (κ2) is 7.80. The van der Waals surface area contributed by atoms with Crippen molar-refractivity contribution in [1.82, 2.24) is 0 Å². The van der Waals surface area contributed by atoms with E-state index in [9.17, 15) is 0 Å². The Morgan fingerprint density at radius 2 is 1.26 bits per heavy atom. The fraction of sp³-hybridized carbons (Fsp3) is 0.0909. The van der Waals surface area contributed by atoms with E-state index < -0.39 is 0 Å². The van der Waals surface area contributed by atoms with Gasteiger partial charge in [0.2, 0.25) is 0 Å². The van der Waals surface area contributed by atoms with Crippen molar-refractivity contribution in [2.75, 3.05) is 0 Å². The van der Waals surface area contributed by atoms with Gasteiger partial charge in [0.25, 0.3) is 0 Å². The van der Waals surface area contributed by atoms with Gasteiger partial charge >= 0.3 is 0 Å². The molecule has 3 aromatic carbocycles. The van der Waals surface area contributed by atoms with Gasteiger partial charge in [-0.15, -0.1) is 0 Å². The molecule has 0 bridgehead atoms. The van der Waals surface area contributed by atoms with E-state index in [0.717, 1.165) is 17.9 Å². The van der Waals surface area contributed by atoms with Crippen molar-refractivity contribution in [2.24, 2.45) is 0 Å². The average molecular weight is 319 g/mol. The minimum atomic E-state index is 0.769. The number of aryl methyl sites for hydroxylation is 1. The molecule has 0 unspecified atom stereocenters. The fourth-order valence-electron chi connectivity index (χ4n) is 2.68. The van der Waals surface area contributed by atoms with Gasteiger partial charge in [0.15, 0.2) is 0 Å². The molecule has 0 N–H and O–H groups in total. The molecule has 0 radical (unpaired) electrons. The molecule has 0 aliphatic rings. The van der Waals surface area contributed by atoms with E-state index in [4.69, 9.17) is 11.6 Å². The zero-order valence-corrected chi connectivity index (χ0v) is 13.7. The van der Waals surface area contributed by atoms with E-state index in [2.05, 4.69) is 72.8 Å². The molecule has 3 rings (SSSR count). The Morgan fingerprint density at radius 1 is 0.696 bits per heavy atom. The summed E-state index contributed by atoms with van der Waals surface area (Å²) >= 11 is 6.03. The van der Waals surface area contributed by atoms with E-state index in [1.54, 1.807) is 0 Å². The highest BCUT2D eigenvalue weighted by Gasteiger charge is 2.04. The van der Waals surface area contributed by atoms with Crippen molar-refractivity contribution in [3.63, 3.8) is 0 Å². The zero-order chi connectivity index (χ0) is 15.9. The summed E-state index contributed by atoms with van der Waals surface area (Å²) < 4.78 is 0. The van der Waals surface area contributed by atoms with Crippen LogP contribution in [0.15, 0.2) is 91.0 Å². The second-order valence-electron chi connectivity index (χ2n) is 5.51. The molecule has 0 fully saturated rings. The number of hydrogen-bond acceptors (Lipinski definition) is 0. The fourth-order valence-corrected chi connectivity index (χ4v) is 2.80. The van der Waals surface area contributed by atoms with Crippen LogP contribution in [0.5, 0.6) is 0 Å². The van der Waals surface area contributed by atoms with Gasteiger partial charge in [0, 0.05) is 5.02 Å². The van der Waals surface area contributed by atoms with Crippen LogP contribution in [0.4, 0.5) is 0 Å². The first-order valence-corrected chi connectivity index (χ1v) is 8.26. The van der Waals surface area contributed by atoms with Crippen molar-refractivity contribution in [3.8, 4) is 0 Å². The standard InChI is InChI=1S/C22H19Cl/c23-21-16-14-20(15-17-21)22(19-11-5-2-6-12-19)13-7-10-18-8-3-1-4-9-18/h1-6,8-9,11-17H,7,10H2. The Balaban J connectivity index is 1.86. The van der Waals surface area contributed by atoms with E-state index in [0.29, 0.717) is 0 Å². The predicted molar refractivity (Wildman–Crippen MR) is 99.7 cm³/mol. The summed E-state index contributed by atoms with van der Waals surface area (Å²) in [6.45, 7) is 0. The van der Waals surface area contributed by atoms with Crippen molar-refractivity contribution < 1.29 is 0 Å². The van der Waals surface area contributed by atoms with Crippen LogP contribution in [-0.2, 0) is 6.42 Å². The van der Waals surface area contributed by atoms with Crippen LogP contribution in [0, 0.1) is 0 Å². The molecule has 0 spiro atoms. The normalized spacial score (nSPS) is 11.4. The topological polar surface area (TPSA) is 0 Å². The lowest BCUT2D eigenvalue weighted by Gasteiger charge is -2.09. The van der Waals surface area contributed by atoms with Gasteiger partial charge in [0.1, 0.15) is 0 Å². The van der Waals surface area contributed by atoms with Gasteiger partial charge in [-0.25, -0.2) is 0 Å². The minimum Gasteiger partial charge on any atom is -0.0843 e. The Labute approximate surface area is 143 Å². The van der Waals surface area contributed by atoms with Gasteiger partial charge in [-0.3, -0.25) is 0 Å². The summed E-state index contributed by atoms with van der Waals surface area (Å²) in [6.07, 6.45) is 4.38. The lowest BCUT2D eigenvalue weighted by atomic mass is 9.96. The molecule has 0 aromatic heterocycles. The molecule has 3 aromatic rings. The second-order valence-corrected chi connectivity index (χ2v) is 5.95. The molecule has 0 aliphatic carbocycles. The molecule has 0 heterocycles. The Bertz CT molecular complexity index is 756. The summed E-state index contributed by atoms with van der Waals surface area (Å²) in [5.41, 5.74) is 5.07. The van der Waals surface area contributed by atoms with Gasteiger partial charge in [-0.1, -0.05) is 90.5 Å². The van der Waals surface area contributed by atoms with Crippen molar-refractivity contribution in [3.05, 3.63) is 113 Å². The zero-order valence-electron chi connectivity index (χ0n) is 13.0. The lowest BCUT2D eigenvalue weighted by Crippen LogP contribution is -1.89. The summed E-state index contributed by atoms with van der Waals surface area (Å²) in [4.78, 5) is 0. The highest BCUT2D eigenvalue weighted by atomic mass is 35.5. The summed E-state index contributed by atoms with van der Waals surface area (Å²) in [6, 6.07) is 29.2. The lowest BCUT2D eigenvalue weighted by molar-refractivity contribution is 1.00. The highest BCUT2D eigenvalue weighted by molar-refractivity contribution is 6.30. The molecule has 0 saturated heterocycles. The number of allylic oxidation sites excluding steroid dienone is 1. The van der Waals surface area contributed by atoms with Gasteiger partial charge < -0.3 is 0 Å². The predicted octanol–water partition coefficient (Wildman–Crippen LogP) is 6.40.